The maximum Gasteiger partial charge on any atom is 0.163 e. The Morgan fingerprint density at radius 1 is 1.07 bits per heavy atom. The van der Waals surface area contributed by atoms with E-state index >= 15 is 0 Å². The third-order valence-corrected chi connectivity index (χ3v) is 2.29. The van der Waals surface area contributed by atoms with Gasteiger partial charge in [0, 0.05) is 11.6 Å². The Morgan fingerprint density at radius 3 is 2.87 bits per heavy atom. The molecule has 1 aromatic carbocycles. The van der Waals surface area contributed by atoms with Gasteiger partial charge in [0.1, 0.15) is 12.7 Å². The lowest BCUT2D eigenvalue weighted by molar-refractivity contribution is 0.854. The zero-order chi connectivity index (χ0) is 10.1. The summed E-state index contributed by atoms with van der Waals surface area (Å²) in [5, 5.41) is 6.31. The van der Waals surface area contributed by atoms with Gasteiger partial charge in [0.25, 0.3) is 0 Å². The SMILES string of the molecule is c1ccc2c(-n3cncn3)nccc2c1. The van der Waals surface area contributed by atoms with Crippen LogP contribution in [0.4, 0.5) is 0 Å². The molecular formula is C11H8N4. The largest absolute Gasteiger partial charge is 0.236 e. The summed E-state index contributed by atoms with van der Waals surface area (Å²) >= 11 is 0. The van der Waals surface area contributed by atoms with Gasteiger partial charge in [0.2, 0.25) is 0 Å². The standard InChI is InChI=1S/C11H8N4/c1-2-4-10-9(3-1)5-6-13-11(10)15-8-12-7-14-15/h1-8H. The molecule has 0 aliphatic carbocycles. The molecule has 0 saturated heterocycles. The van der Waals surface area contributed by atoms with E-state index in [1.165, 1.54) is 6.33 Å². The zero-order valence-corrected chi connectivity index (χ0v) is 7.91. The first-order valence-electron chi connectivity index (χ1n) is 4.64. The molecule has 72 valence electrons. The molecule has 0 unspecified atom stereocenters. The number of hydrogen-bond acceptors (Lipinski definition) is 3. The van der Waals surface area contributed by atoms with Crippen LogP contribution in [0.5, 0.6) is 0 Å². The van der Waals surface area contributed by atoms with Crippen molar-refractivity contribution in [2.45, 2.75) is 0 Å². The van der Waals surface area contributed by atoms with Gasteiger partial charge in [-0.3, -0.25) is 0 Å². The van der Waals surface area contributed by atoms with E-state index in [9.17, 15) is 0 Å². The van der Waals surface area contributed by atoms with E-state index < -0.39 is 0 Å². The molecule has 0 radical (unpaired) electrons. The van der Waals surface area contributed by atoms with Crippen LogP contribution in [0.2, 0.25) is 0 Å². The lowest BCUT2D eigenvalue weighted by atomic mass is 10.2. The van der Waals surface area contributed by atoms with Gasteiger partial charge in [-0.2, -0.15) is 5.10 Å². The molecule has 4 nitrogen and oxygen atoms in total. The van der Waals surface area contributed by atoms with Crippen LogP contribution >= 0.6 is 0 Å². The predicted octanol–water partition coefficient (Wildman–Crippen LogP) is 1.82. The second-order valence-corrected chi connectivity index (χ2v) is 3.20. The van der Waals surface area contributed by atoms with Crippen LogP contribution in [0.25, 0.3) is 16.6 Å². The molecule has 4 heteroatoms. The van der Waals surface area contributed by atoms with E-state index in [1.54, 1.807) is 17.2 Å². The molecule has 0 aliphatic rings. The van der Waals surface area contributed by atoms with E-state index in [-0.39, 0.29) is 0 Å². The van der Waals surface area contributed by atoms with E-state index in [4.69, 9.17) is 0 Å². The molecule has 2 heterocycles. The van der Waals surface area contributed by atoms with Gasteiger partial charge >= 0.3 is 0 Å². The molecule has 3 rings (SSSR count). The summed E-state index contributed by atoms with van der Waals surface area (Å²) in [7, 11) is 0. The number of rotatable bonds is 1. The van der Waals surface area contributed by atoms with Gasteiger partial charge in [-0.05, 0) is 11.5 Å². The van der Waals surface area contributed by atoms with Crippen LogP contribution in [0, 0.1) is 0 Å². The first-order valence-corrected chi connectivity index (χ1v) is 4.64. The third-order valence-electron chi connectivity index (χ3n) is 2.29. The number of hydrogen-bond donors (Lipinski definition) is 0. The van der Waals surface area contributed by atoms with Crippen LogP contribution in [0.3, 0.4) is 0 Å². The molecule has 0 bridgehead atoms. The smallest absolute Gasteiger partial charge is 0.163 e. The van der Waals surface area contributed by atoms with Crippen LogP contribution < -0.4 is 0 Å². The summed E-state index contributed by atoms with van der Waals surface area (Å²) in [5.74, 6) is 0.811. The number of pyridine rings is 1. The van der Waals surface area contributed by atoms with Crippen molar-refractivity contribution in [1.82, 2.24) is 19.7 Å². The molecule has 15 heavy (non-hydrogen) atoms. The Labute approximate surface area is 86.2 Å². The normalized spacial score (nSPS) is 10.7. The van der Waals surface area contributed by atoms with Gasteiger partial charge < -0.3 is 0 Å². The number of aromatic nitrogens is 4. The molecular weight excluding hydrogens is 188 g/mol. The fraction of sp³-hybridized carbons (Fsp3) is 0. The Hall–Kier alpha value is -2.23. The van der Waals surface area contributed by atoms with E-state index in [2.05, 4.69) is 21.1 Å². The average Bonchev–Trinajstić information content (AvgIpc) is 2.82. The van der Waals surface area contributed by atoms with E-state index in [0.29, 0.717) is 0 Å². The summed E-state index contributed by atoms with van der Waals surface area (Å²) in [6, 6.07) is 10.1. The maximum atomic E-state index is 4.31. The monoisotopic (exact) mass is 196 g/mol. The van der Waals surface area contributed by atoms with Crippen molar-refractivity contribution in [1.29, 1.82) is 0 Å². The minimum atomic E-state index is 0.811. The van der Waals surface area contributed by atoms with Crippen molar-refractivity contribution in [3.63, 3.8) is 0 Å². The molecule has 0 amide bonds. The topological polar surface area (TPSA) is 43.6 Å². The number of nitrogens with zero attached hydrogens (tertiary/aromatic N) is 4. The number of fused-ring (bicyclic) bond motifs is 1. The van der Waals surface area contributed by atoms with Crippen LogP contribution in [-0.2, 0) is 0 Å². The third kappa shape index (κ3) is 1.27. The molecule has 0 N–H and O–H groups in total. The highest BCUT2D eigenvalue weighted by Gasteiger charge is 2.03. The van der Waals surface area contributed by atoms with Crippen LogP contribution in [-0.4, -0.2) is 19.7 Å². The maximum absolute atomic E-state index is 4.31. The van der Waals surface area contributed by atoms with Gasteiger partial charge in [0.15, 0.2) is 5.82 Å². The molecule has 0 saturated carbocycles. The summed E-state index contributed by atoms with van der Waals surface area (Å²) < 4.78 is 1.67. The highest BCUT2D eigenvalue weighted by Crippen LogP contribution is 2.18. The average molecular weight is 196 g/mol. The summed E-state index contributed by atoms with van der Waals surface area (Å²) in [6.45, 7) is 0. The van der Waals surface area contributed by atoms with Crippen molar-refractivity contribution in [3.8, 4) is 5.82 Å². The number of benzene rings is 1. The predicted molar refractivity (Wildman–Crippen MR) is 56.7 cm³/mol. The molecule has 3 aromatic rings. The second kappa shape index (κ2) is 3.16. The highest BCUT2D eigenvalue weighted by atomic mass is 15.3. The minimum Gasteiger partial charge on any atom is -0.236 e. The Balaban J connectivity index is 2.36. The molecule has 0 fully saturated rings. The summed E-state index contributed by atoms with van der Waals surface area (Å²) in [6.07, 6.45) is 4.93. The molecule has 0 aliphatic heterocycles. The first-order chi connectivity index (χ1) is 7.45. The molecule has 0 atom stereocenters. The summed E-state index contributed by atoms with van der Waals surface area (Å²) in [4.78, 5) is 8.23. The van der Waals surface area contributed by atoms with Crippen molar-refractivity contribution in [3.05, 3.63) is 49.2 Å². The van der Waals surface area contributed by atoms with Crippen molar-refractivity contribution in [2.24, 2.45) is 0 Å². The second-order valence-electron chi connectivity index (χ2n) is 3.20. The van der Waals surface area contributed by atoms with E-state index in [1.807, 2.05) is 24.3 Å². The zero-order valence-electron chi connectivity index (χ0n) is 7.91. The van der Waals surface area contributed by atoms with Crippen LogP contribution in [0.15, 0.2) is 49.2 Å². The van der Waals surface area contributed by atoms with Crippen molar-refractivity contribution < 1.29 is 0 Å². The minimum absolute atomic E-state index is 0.811. The van der Waals surface area contributed by atoms with Crippen molar-refractivity contribution >= 4 is 10.8 Å². The first kappa shape index (κ1) is 8.11. The van der Waals surface area contributed by atoms with Gasteiger partial charge in [-0.25, -0.2) is 14.6 Å². The Bertz CT molecular complexity index is 581. The van der Waals surface area contributed by atoms with Gasteiger partial charge in [0.05, 0.1) is 0 Å². The summed E-state index contributed by atoms with van der Waals surface area (Å²) in [5.41, 5.74) is 0. The van der Waals surface area contributed by atoms with Crippen LogP contribution in [0.1, 0.15) is 0 Å². The highest BCUT2D eigenvalue weighted by molar-refractivity contribution is 5.88. The van der Waals surface area contributed by atoms with E-state index in [0.717, 1.165) is 16.6 Å². The molecule has 0 spiro atoms. The lowest BCUT2D eigenvalue weighted by Gasteiger charge is -2.03. The van der Waals surface area contributed by atoms with Gasteiger partial charge in [-0.1, -0.05) is 24.3 Å². The lowest BCUT2D eigenvalue weighted by Crippen LogP contribution is -1.98. The Kier molecular flexibility index (Phi) is 1.71. The fourth-order valence-electron chi connectivity index (χ4n) is 1.60. The fourth-order valence-corrected chi connectivity index (χ4v) is 1.60. The molecule has 2 aromatic heterocycles. The van der Waals surface area contributed by atoms with Gasteiger partial charge in [-0.15, -0.1) is 0 Å². The van der Waals surface area contributed by atoms with Crippen molar-refractivity contribution in [2.75, 3.05) is 0 Å². The Morgan fingerprint density at radius 2 is 2.00 bits per heavy atom. The quantitative estimate of drug-likeness (QED) is 0.596.